The summed E-state index contributed by atoms with van der Waals surface area (Å²) in [7, 11) is 0. The predicted molar refractivity (Wildman–Crippen MR) is 75.2 cm³/mol. The summed E-state index contributed by atoms with van der Waals surface area (Å²) in [5.74, 6) is 0. The van der Waals surface area contributed by atoms with Crippen LogP contribution in [-0.2, 0) is 25.4 Å². The van der Waals surface area contributed by atoms with Gasteiger partial charge in [0.05, 0.1) is 12.1 Å². The zero-order chi connectivity index (χ0) is 18.7. The minimum Gasteiger partial charge on any atom is -0.385 e. The maximum Gasteiger partial charge on any atom is 0.435 e. The van der Waals surface area contributed by atoms with E-state index in [0.29, 0.717) is 12.1 Å². The third-order valence-corrected chi connectivity index (χ3v) is 3.43. The van der Waals surface area contributed by atoms with Gasteiger partial charge in [-0.3, -0.25) is 4.68 Å². The molecule has 0 radical (unpaired) electrons. The smallest absolute Gasteiger partial charge is 0.385 e. The zero-order valence-corrected chi connectivity index (χ0v) is 12.8. The number of halogens is 6. The topological polar surface area (TPSA) is 54.7 Å². The van der Waals surface area contributed by atoms with Gasteiger partial charge in [-0.2, -0.15) is 31.4 Å². The normalized spacial score (nSPS) is 13.9. The molecular formula is C15H16F6N3O+. The summed E-state index contributed by atoms with van der Waals surface area (Å²) in [4.78, 5) is 0. The van der Waals surface area contributed by atoms with E-state index in [-0.39, 0.29) is 13.1 Å². The lowest BCUT2D eigenvalue weighted by Gasteiger charge is -2.11. The molecule has 0 unspecified atom stereocenters. The molecule has 0 bridgehead atoms. The molecule has 1 aromatic carbocycles. The van der Waals surface area contributed by atoms with Gasteiger partial charge in [-0.25, -0.2) is 0 Å². The summed E-state index contributed by atoms with van der Waals surface area (Å²) in [5.41, 5.74) is -1.14. The summed E-state index contributed by atoms with van der Waals surface area (Å²) in [6.45, 7) is 0.393. The van der Waals surface area contributed by atoms with Crippen LogP contribution < -0.4 is 5.32 Å². The number of nitrogens with two attached hydrogens (primary N) is 1. The molecule has 0 aliphatic heterocycles. The average molecular weight is 368 g/mol. The Hall–Kier alpha value is -2.07. The van der Waals surface area contributed by atoms with Gasteiger partial charge >= 0.3 is 12.4 Å². The van der Waals surface area contributed by atoms with E-state index >= 15 is 0 Å². The lowest BCUT2D eigenvalue weighted by molar-refractivity contribution is -0.676. The van der Waals surface area contributed by atoms with Crippen LogP contribution in [0.5, 0.6) is 0 Å². The van der Waals surface area contributed by atoms with Crippen molar-refractivity contribution >= 4 is 0 Å². The highest BCUT2D eigenvalue weighted by Gasteiger charge is 2.33. The Morgan fingerprint density at radius 1 is 1.00 bits per heavy atom. The molecule has 2 aromatic rings. The summed E-state index contributed by atoms with van der Waals surface area (Å²) in [5, 5.41) is 14.8. The first kappa shape index (κ1) is 19.3. The van der Waals surface area contributed by atoms with Crippen molar-refractivity contribution in [3.05, 3.63) is 53.3 Å². The van der Waals surface area contributed by atoms with Crippen molar-refractivity contribution in [2.75, 3.05) is 6.54 Å². The number of hydrogen-bond donors (Lipinski definition) is 2. The first-order valence-corrected chi connectivity index (χ1v) is 7.32. The summed E-state index contributed by atoms with van der Waals surface area (Å²) >= 11 is 0. The fourth-order valence-corrected chi connectivity index (χ4v) is 2.18. The number of hydrogen-bond acceptors (Lipinski definition) is 2. The Kier molecular flexibility index (Phi) is 5.73. The zero-order valence-electron chi connectivity index (χ0n) is 12.8. The van der Waals surface area contributed by atoms with Crippen molar-refractivity contribution < 1.29 is 36.8 Å². The standard InChI is InChI=1S/C15H15F6N3O/c16-14(17,18)11-3-1-10(2-4-11)7-22-8-12(25)9-24-6-5-13(23-24)15(19,20)21/h1-6,12,22,25H,7-9H2/p+1/t12-/m0/s1. The van der Waals surface area contributed by atoms with Crippen molar-refractivity contribution in [3.8, 4) is 0 Å². The van der Waals surface area contributed by atoms with Crippen molar-refractivity contribution in [2.24, 2.45) is 0 Å². The second-order valence-electron chi connectivity index (χ2n) is 5.50. The van der Waals surface area contributed by atoms with E-state index in [9.17, 15) is 31.4 Å². The molecule has 0 spiro atoms. The van der Waals surface area contributed by atoms with Crippen molar-refractivity contribution in [1.29, 1.82) is 0 Å². The Morgan fingerprint density at radius 3 is 2.16 bits per heavy atom. The fourth-order valence-electron chi connectivity index (χ4n) is 2.18. The molecule has 0 amide bonds. The highest BCUT2D eigenvalue weighted by Crippen LogP contribution is 2.29. The fraction of sp³-hybridized carbons (Fsp3) is 0.400. The molecular weight excluding hydrogens is 352 g/mol. The van der Waals surface area contributed by atoms with E-state index in [4.69, 9.17) is 0 Å². The first-order chi connectivity index (χ1) is 11.6. The van der Waals surface area contributed by atoms with E-state index in [0.717, 1.165) is 29.1 Å². The largest absolute Gasteiger partial charge is 0.435 e. The maximum absolute atomic E-state index is 12.4. The van der Waals surface area contributed by atoms with Crippen LogP contribution in [-0.4, -0.2) is 27.5 Å². The molecule has 138 valence electrons. The number of benzene rings is 1. The van der Waals surface area contributed by atoms with Gasteiger partial charge in [0.15, 0.2) is 5.69 Å². The highest BCUT2D eigenvalue weighted by molar-refractivity contribution is 5.23. The molecule has 10 heteroatoms. The van der Waals surface area contributed by atoms with Crippen LogP contribution in [0.1, 0.15) is 16.8 Å². The number of aromatic nitrogens is 2. The third kappa shape index (κ3) is 5.75. The monoisotopic (exact) mass is 368 g/mol. The Morgan fingerprint density at radius 2 is 1.64 bits per heavy atom. The number of aliphatic hydroxyl groups is 1. The molecule has 0 saturated carbocycles. The molecule has 1 atom stereocenters. The predicted octanol–water partition coefficient (Wildman–Crippen LogP) is 2.05. The van der Waals surface area contributed by atoms with Gasteiger partial charge in [0.2, 0.25) is 0 Å². The minimum absolute atomic E-state index is 0.112. The quantitative estimate of drug-likeness (QED) is 0.767. The van der Waals surface area contributed by atoms with E-state index in [1.54, 1.807) is 5.32 Å². The molecule has 2 rings (SSSR count). The van der Waals surface area contributed by atoms with Gasteiger partial charge in [0, 0.05) is 11.8 Å². The van der Waals surface area contributed by atoms with E-state index in [2.05, 4.69) is 5.10 Å². The van der Waals surface area contributed by atoms with Crippen LogP contribution in [0.2, 0.25) is 0 Å². The number of quaternary nitrogens is 1. The highest BCUT2D eigenvalue weighted by atomic mass is 19.4. The van der Waals surface area contributed by atoms with E-state index in [1.165, 1.54) is 12.1 Å². The van der Waals surface area contributed by atoms with Gasteiger partial charge in [-0.1, -0.05) is 12.1 Å². The Labute approximate surface area is 139 Å². The molecule has 0 aliphatic rings. The molecule has 0 fully saturated rings. The molecule has 4 nitrogen and oxygen atoms in total. The number of alkyl halides is 6. The Bertz CT molecular complexity index is 678. The summed E-state index contributed by atoms with van der Waals surface area (Å²) in [6, 6.07) is 5.45. The third-order valence-electron chi connectivity index (χ3n) is 3.43. The van der Waals surface area contributed by atoms with Gasteiger partial charge in [0.1, 0.15) is 19.2 Å². The van der Waals surface area contributed by atoms with Gasteiger partial charge in [-0.05, 0) is 18.2 Å². The molecule has 1 aromatic heterocycles. The second-order valence-corrected chi connectivity index (χ2v) is 5.50. The Balaban J connectivity index is 1.78. The SMILES string of the molecule is O[C@@H](C[NH2+]Cc1ccc(C(F)(F)F)cc1)Cn1ccc(C(F)(F)F)n1. The number of aliphatic hydroxyl groups excluding tert-OH is 1. The van der Waals surface area contributed by atoms with Crippen molar-refractivity contribution in [2.45, 2.75) is 31.5 Å². The van der Waals surface area contributed by atoms with Crippen LogP contribution >= 0.6 is 0 Å². The molecule has 25 heavy (non-hydrogen) atoms. The van der Waals surface area contributed by atoms with Gasteiger partial charge in [-0.15, -0.1) is 0 Å². The summed E-state index contributed by atoms with van der Waals surface area (Å²) in [6.07, 6.45) is -8.75. The molecule has 1 heterocycles. The van der Waals surface area contributed by atoms with E-state index < -0.39 is 29.7 Å². The molecule has 3 N–H and O–H groups in total. The van der Waals surface area contributed by atoms with E-state index in [1.807, 2.05) is 0 Å². The van der Waals surface area contributed by atoms with Crippen molar-refractivity contribution in [3.63, 3.8) is 0 Å². The maximum atomic E-state index is 12.4. The van der Waals surface area contributed by atoms with Gasteiger partial charge < -0.3 is 10.4 Å². The van der Waals surface area contributed by atoms with Crippen LogP contribution in [0.4, 0.5) is 26.3 Å². The van der Waals surface area contributed by atoms with Crippen LogP contribution in [0.15, 0.2) is 36.5 Å². The number of rotatable bonds is 6. The lowest BCUT2D eigenvalue weighted by atomic mass is 10.1. The van der Waals surface area contributed by atoms with Gasteiger partial charge in [0.25, 0.3) is 0 Å². The molecule has 0 aliphatic carbocycles. The van der Waals surface area contributed by atoms with Crippen LogP contribution in [0.3, 0.4) is 0 Å². The second kappa shape index (κ2) is 7.44. The molecule has 0 saturated heterocycles. The lowest BCUT2D eigenvalue weighted by Crippen LogP contribution is -2.85. The van der Waals surface area contributed by atoms with Crippen molar-refractivity contribution in [1.82, 2.24) is 9.78 Å². The first-order valence-electron chi connectivity index (χ1n) is 7.32. The van der Waals surface area contributed by atoms with Crippen LogP contribution in [0.25, 0.3) is 0 Å². The summed E-state index contributed by atoms with van der Waals surface area (Å²) < 4.78 is 75.6. The number of nitrogens with zero attached hydrogens (tertiary/aromatic N) is 2. The van der Waals surface area contributed by atoms with Crippen LogP contribution in [0, 0.1) is 0 Å². The average Bonchev–Trinajstić information content (AvgIpc) is 2.95. The minimum atomic E-state index is -4.54.